The summed E-state index contributed by atoms with van der Waals surface area (Å²) in [6, 6.07) is 33.8. The summed E-state index contributed by atoms with van der Waals surface area (Å²) < 4.78 is 0. The van der Waals surface area contributed by atoms with Crippen LogP contribution in [0.5, 0.6) is 0 Å². The van der Waals surface area contributed by atoms with Crippen LogP contribution in [-0.2, 0) is 43.3 Å². The first kappa shape index (κ1) is 58.3. The van der Waals surface area contributed by atoms with Gasteiger partial charge in [0.15, 0.2) is 0 Å². The predicted molar refractivity (Wildman–Crippen MR) is 349 cm³/mol. The number of allylic oxidation sites excluding steroid dienone is 10. The Morgan fingerprint density at radius 1 is 0.275 bits per heavy atom. The van der Waals surface area contributed by atoms with E-state index in [9.17, 15) is 0 Å². The van der Waals surface area contributed by atoms with Crippen LogP contribution in [0.3, 0.4) is 0 Å². The molecule has 0 saturated heterocycles. The van der Waals surface area contributed by atoms with Crippen LogP contribution in [0.25, 0.3) is 22.3 Å². The van der Waals surface area contributed by atoms with E-state index in [1.54, 1.807) is 0 Å². The number of aromatic amines is 1. The molecule has 3 nitrogen and oxygen atoms in total. The van der Waals surface area contributed by atoms with E-state index < -0.39 is 0 Å². The van der Waals surface area contributed by atoms with Crippen molar-refractivity contribution in [1.82, 2.24) is 4.98 Å². The van der Waals surface area contributed by atoms with Crippen molar-refractivity contribution in [1.29, 1.82) is 0 Å². The van der Waals surface area contributed by atoms with Crippen LogP contribution < -0.4 is 0 Å². The van der Waals surface area contributed by atoms with E-state index in [0.717, 1.165) is 62.9 Å². The molecule has 1 aliphatic carbocycles. The Bertz CT molecular complexity index is 3270. The lowest BCUT2D eigenvalue weighted by atomic mass is 9.77. The molecule has 80 heavy (non-hydrogen) atoms. The van der Waals surface area contributed by atoms with Crippen LogP contribution in [0.4, 0.5) is 0 Å². The molecule has 1 aromatic heterocycles. The first-order chi connectivity index (χ1) is 36.6. The molecule has 4 aliphatic rings. The van der Waals surface area contributed by atoms with E-state index >= 15 is 0 Å². The van der Waals surface area contributed by atoms with Gasteiger partial charge in [-0.3, -0.25) is 0 Å². The number of fused-ring (bicyclic) bond motifs is 6. The number of aliphatic imine (C=N–C) groups is 2. The smallest absolute Gasteiger partial charge is 0.0737 e. The van der Waals surface area contributed by atoms with Gasteiger partial charge in [-0.25, -0.2) is 9.98 Å². The second-order valence-corrected chi connectivity index (χ2v) is 32.0. The number of H-pyrrole nitrogens is 1. The van der Waals surface area contributed by atoms with Crippen molar-refractivity contribution in [2.75, 3.05) is 0 Å². The van der Waals surface area contributed by atoms with Crippen LogP contribution in [0.2, 0.25) is 0 Å². The molecule has 0 saturated carbocycles. The Labute approximate surface area is 484 Å². The number of nitrogens with one attached hydrogen (secondary N) is 1. The maximum absolute atomic E-state index is 5.91. The fourth-order valence-electron chi connectivity index (χ4n) is 11.3. The van der Waals surface area contributed by atoms with Crippen molar-refractivity contribution >= 4 is 33.7 Å². The molecule has 4 aromatic carbocycles. The zero-order valence-corrected chi connectivity index (χ0v) is 53.6. The third kappa shape index (κ3) is 11.9. The number of hydrogen-bond donors (Lipinski definition) is 1. The molecule has 0 amide bonds. The number of nitrogens with zero attached hydrogens (tertiary/aromatic N) is 2. The molecule has 3 aliphatic heterocycles. The topological polar surface area (TPSA) is 40.5 Å². The van der Waals surface area contributed by atoms with Crippen LogP contribution in [0.15, 0.2) is 154 Å². The molecule has 5 aromatic rings. The maximum atomic E-state index is 5.91. The Balaban J connectivity index is 1.47. The summed E-state index contributed by atoms with van der Waals surface area (Å²) in [6.07, 6.45) is 14.7. The molecule has 9 rings (SSSR count). The fraction of sp³-hybridized carbons (Fsp3) is 0.429. The minimum atomic E-state index is -0.0903. The highest BCUT2D eigenvalue weighted by molar-refractivity contribution is 6.34. The quantitative estimate of drug-likeness (QED) is 0.186. The maximum Gasteiger partial charge on any atom is 0.0737 e. The molecule has 1 N–H and O–H groups in total. The number of aromatic nitrogens is 1. The molecule has 0 radical (unpaired) electrons. The van der Waals surface area contributed by atoms with E-state index in [1.165, 1.54) is 77.9 Å². The van der Waals surface area contributed by atoms with Gasteiger partial charge in [0, 0.05) is 33.7 Å². The van der Waals surface area contributed by atoms with Gasteiger partial charge in [-0.1, -0.05) is 251 Å². The molecule has 0 unspecified atom stereocenters. The highest BCUT2D eigenvalue weighted by Crippen LogP contribution is 2.46. The van der Waals surface area contributed by atoms with E-state index in [2.05, 4.69) is 293 Å². The molecule has 4 heterocycles. The minimum absolute atomic E-state index is 0.0781. The lowest BCUT2D eigenvalue weighted by molar-refractivity contribution is 0.567. The predicted octanol–water partition coefficient (Wildman–Crippen LogP) is 20.8. The zero-order valence-electron chi connectivity index (χ0n) is 53.6. The van der Waals surface area contributed by atoms with E-state index in [-0.39, 0.29) is 43.3 Å². The van der Waals surface area contributed by atoms with E-state index in [1.807, 2.05) is 0 Å². The number of hydrogen-bond acceptors (Lipinski definition) is 2. The van der Waals surface area contributed by atoms with Crippen molar-refractivity contribution in [3.8, 4) is 0 Å². The Kier molecular flexibility index (Phi) is 14.4. The SMILES string of the molecule is CC(C)(C)c1cc(C2=C3C=CC(=C(c4cc(C(C)(C)C)cc(C(C)(C)C)c4)C4=NC(=C(c5cc(C(C)(C)C)cc(C(C)(C)C)c5)c5ccc([nH]5)C(c5cc(C(C)(C)C)cc(C(C)(C)C)c5)=C5C=CC2=N5)C=C4)C3)cc(C(C)(C)C)c1. The van der Waals surface area contributed by atoms with Gasteiger partial charge in [0.1, 0.15) is 0 Å². The molecule has 418 valence electrons. The van der Waals surface area contributed by atoms with E-state index in [4.69, 9.17) is 9.98 Å². The molecular formula is C77H95N3. The van der Waals surface area contributed by atoms with Crippen LogP contribution in [-0.4, -0.2) is 16.4 Å². The molecule has 8 bridgehead atoms. The Morgan fingerprint density at radius 2 is 0.500 bits per heavy atom. The lowest BCUT2D eigenvalue weighted by Gasteiger charge is -2.27. The normalized spacial score (nSPS) is 16.8. The van der Waals surface area contributed by atoms with Gasteiger partial charge >= 0.3 is 0 Å². The van der Waals surface area contributed by atoms with Gasteiger partial charge in [0.2, 0.25) is 0 Å². The van der Waals surface area contributed by atoms with E-state index in [0.29, 0.717) is 0 Å². The molecule has 0 fully saturated rings. The van der Waals surface area contributed by atoms with Crippen molar-refractivity contribution in [3.05, 3.63) is 222 Å². The fourth-order valence-corrected chi connectivity index (χ4v) is 11.3. The summed E-state index contributed by atoms with van der Waals surface area (Å²) in [5.74, 6) is 0. The van der Waals surface area contributed by atoms with Crippen LogP contribution >= 0.6 is 0 Å². The number of benzene rings is 4. The van der Waals surface area contributed by atoms with Crippen molar-refractivity contribution in [2.45, 2.75) is 216 Å². The highest BCUT2D eigenvalue weighted by Gasteiger charge is 2.33. The van der Waals surface area contributed by atoms with Crippen molar-refractivity contribution < 1.29 is 0 Å². The Morgan fingerprint density at radius 3 is 0.725 bits per heavy atom. The van der Waals surface area contributed by atoms with Gasteiger partial charge < -0.3 is 4.98 Å². The van der Waals surface area contributed by atoms with Crippen LogP contribution in [0.1, 0.15) is 251 Å². The first-order valence-corrected chi connectivity index (χ1v) is 29.7. The molecule has 0 atom stereocenters. The first-order valence-electron chi connectivity index (χ1n) is 29.7. The van der Waals surface area contributed by atoms with Gasteiger partial charge in [0.25, 0.3) is 0 Å². The highest BCUT2D eigenvalue weighted by atomic mass is 14.8. The average molecular weight is 1060 g/mol. The standard InChI is InChI=1S/C77H95N3/c1-70(2,3)52-34-48(35-53(42-52)71(4,5)6)66-46-25-26-47(33-46)67(49-36-54(72(7,8)9)43-55(37-49)73(10,11)12)61-28-30-63(79-61)69(51-40-58(76(19,20)21)45-59(41-51)77(22,23)24)65-32-31-64(80-65)68(62-29-27-60(66)78-62)50-38-56(74(13,14)15)44-57(39-50)75(16,17)18/h25-32,34-45,80H,33H2,1-24H3. The average Bonchev–Trinajstić information content (AvgIpc) is 4.17. The monoisotopic (exact) mass is 1060 g/mol. The second kappa shape index (κ2) is 19.7. The molecular weight excluding hydrogens is 967 g/mol. The second-order valence-electron chi connectivity index (χ2n) is 32.0. The summed E-state index contributed by atoms with van der Waals surface area (Å²) in [4.78, 5) is 16.0. The lowest BCUT2D eigenvalue weighted by Crippen LogP contribution is -2.18. The van der Waals surface area contributed by atoms with Crippen molar-refractivity contribution in [3.63, 3.8) is 0 Å². The summed E-state index contributed by atoms with van der Waals surface area (Å²) in [5, 5.41) is 0. The van der Waals surface area contributed by atoms with Gasteiger partial charge in [-0.15, -0.1) is 0 Å². The van der Waals surface area contributed by atoms with Crippen LogP contribution in [0, 0.1) is 0 Å². The zero-order chi connectivity index (χ0) is 58.8. The third-order valence-corrected chi connectivity index (χ3v) is 16.9. The summed E-state index contributed by atoms with van der Waals surface area (Å²) in [5.41, 5.74) is 27.5. The van der Waals surface area contributed by atoms with Gasteiger partial charge in [0.05, 0.1) is 22.8 Å². The third-order valence-electron chi connectivity index (χ3n) is 16.9. The van der Waals surface area contributed by atoms with Gasteiger partial charge in [-0.2, -0.15) is 0 Å². The summed E-state index contributed by atoms with van der Waals surface area (Å²) in [6.45, 7) is 56.1. The minimum Gasteiger partial charge on any atom is -0.354 e. The Hall–Kier alpha value is -6.32. The number of rotatable bonds is 4. The largest absolute Gasteiger partial charge is 0.354 e. The molecule has 0 spiro atoms. The summed E-state index contributed by atoms with van der Waals surface area (Å²) in [7, 11) is 0. The van der Waals surface area contributed by atoms with Crippen molar-refractivity contribution in [2.24, 2.45) is 9.98 Å². The molecule has 3 heteroatoms. The van der Waals surface area contributed by atoms with Gasteiger partial charge in [-0.05, 0) is 164 Å². The summed E-state index contributed by atoms with van der Waals surface area (Å²) >= 11 is 0.